The van der Waals surface area contributed by atoms with E-state index in [-0.39, 0.29) is 0 Å². The summed E-state index contributed by atoms with van der Waals surface area (Å²) in [5.74, 6) is -8.93. The molecule has 0 aromatic carbocycles. The first-order chi connectivity index (χ1) is 5.26. The maximum Gasteiger partial charge on any atom is 0.329 e. The number of nitrogens with zero attached hydrogens (tertiary/aromatic N) is 1. The van der Waals surface area contributed by atoms with E-state index < -0.39 is 30.8 Å². The third kappa shape index (κ3) is 1.25. The highest BCUT2D eigenvalue weighted by Crippen LogP contribution is 2.40. The maximum absolute atomic E-state index is 12.4. The Kier molecular flexibility index (Phi) is 1.81. The van der Waals surface area contributed by atoms with Crippen molar-refractivity contribution in [1.82, 2.24) is 4.90 Å². The van der Waals surface area contributed by atoms with E-state index in [2.05, 4.69) is 0 Å². The van der Waals surface area contributed by atoms with E-state index in [1.165, 1.54) is 0 Å². The number of likely N-dealkylation sites (tertiary alicyclic amines) is 1. The van der Waals surface area contributed by atoms with Crippen LogP contribution in [-0.4, -0.2) is 35.7 Å². The summed E-state index contributed by atoms with van der Waals surface area (Å²) >= 11 is 0. The zero-order chi connectivity index (χ0) is 9.57. The van der Waals surface area contributed by atoms with Crippen LogP contribution in [-0.2, 0) is 4.79 Å². The molecule has 0 atom stereocenters. The van der Waals surface area contributed by atoms with Gasteiger partial charge in [-0.1, -0.05) is 0 Å². The van der Waals surface area contributed by atoms with Crippen molar-refractivity contribution in [2.75, 3.05) is 13.1 Å². The van der Waals surface area contributed by atoms with Gasteiger partial charge in [0, 0.05) is 6.92 Å². The summed E-state index contributed by atoms with van der Waals surface area (Å²) in [4.78, 5) is 10.9. The number of alkyl halides is 4. The van der Waals surface area contributed by atoms with Crippen LogP contribution >= 0.6 is 0 Å². The highest BCUT2D eigenvalue weighted by molar-refractivity contribution is 5.73. The number of amides is 1. The summed E-state index contributed by atoms with van der Waals surface area (Å²) in [6.45, 7) is -1.39. The molecule has 0 aromatic rings. The molecule has 1 aliphatic rings. The zero-order valence-corrected chi connectivity index (χ0v) is 6.28. The Morgan fingerprint density at radius 3 is 1.67 bits per heavy atom. The summed E-state index contributed by atoms with van der Waals surface area (Å²) in [6, 6.07) is 0. The first-order valence-electron chi connectivity index (χ1n) is 3.27. The summed E-state index contributed by atoms with van der Waals surface area (Å²) in [5, 5.41) is 0. The van der Waals surface area contributed by atoms with Crippen molar-refractivity contribution in [1.29, 1.82) is 0 Å². The van der Waals surface area contributed by atoms with Gasteiger partial charge in [-0.15, -0.1) is 0 Å². The molecule has 1 amide bonds. The van der Waals surface area contributed by atoms with Crippen LogP contribution in [0.25, 0.3) is 0 Å². The molecule has 70 valence electrons. The lowest BCUT2D eigenvalue weighted by molar-refractivity contribution is -0.172. The summed E-state index contributed by atoms with van der Waals surface area (Å²) in [5.41, 5.74) is 0. The van der Waals surface area contributed by atoms with E-state index in [0.717, 1.165) is 6.92 Å². The van der Waals surface area contributed by atoms with E-state index in [9.17, 15) is 22.4 Å². The summed E-state index contributed by atoms with van der Waals surface area (Å²) in [7, 11) is 0. The van der Waals surface area contributed by atoms with E-state index in [1.807, 2.05) is 0 Å². The average molecular weight is 185 g/mol. The average Bonchev–Trinajstić information content (AvgIpc) is 2.03. The SMILES string of the molecule is CC(=O)N1CC(F)(F)C(F)(F)C1. The number of hydrogen-bond donors (Lipinski definition) is 0. The molecule has 6 heteroatoms. The molecule has 1 heterocycles. The maximum atomic E-state index is 12.4. The van der Waals surface area contributed by atoms with Crippen molar-refractivity contribution in [3.05, 3.63) is 0 Å². The lowest BCUT2D eigenvalue weighted by Crippen LogP contribution is -2.38. The van der Waals surface area contributed by atoms with Crippen LogP contribution in [0.3, 0.4) is 0 Å². The zero-order valence-electron chi connectivity index (χ0n) is 6.28. The van der Waals surface area contributed by atoms with E-state index in [1.54, 1.807) is 0 Å². The van der Waals surface area contributed by atoms with Gasteiger partial charge in [-0.05, 0) is 0 Å². The predicted molar refractivity (Wildman–Crippen MR) is 32.1 cm³/mol. The van der Waals surface area contributed by atoms with Crippen LogP contribution in [0.4, 0.5) is 17.6 Å². The number of carbonyl (C=O) groups excluding carboxylic acids is 1. The Labute approximate surface area is 66.1 Å². The lowest BCUT2D eigenvalue weighted by atomic mass is 10.2. The molecule has 1 saturated heterocycles. The van der Waals surface area contributed by atoms with Gasteiger partial charge in [-0.3, -0.25) is 4.79 Å². The molecule has 0 N–H and O–H groups in total. The van der Waals surface area contributed by atoms with Crippen molar-refractivity contribution in [2.45, 2.75) is 18.8 Å². The van der Waals surface area contributed by atoms with Gasteiger partial charge in [-0.2, -0.15) is 17.6 Å². The summed E-state index contributed by atoms with van der Waals surface area (Å²) in [6.07, 6.45) is 0. The second kappa shape index (κ2) is 2.34. The first-order valence-corrected chi connectivity index (χ1v) is 3.27. The highest BCUT2D eigenvalue weighted by atomic mass is 19.3. The Balaban J connectivity index is 2.81. The quantitative estimate of drug-likeness (QED) is 0.518. The van der Waals surface area contributed by atoms with Crippen LogP contribution in [0.2, 0.25) is 0 Å². The minimum absolute atomic E-state index is 0.444. The minimum Gasteiger partial charge on any atom is -0.330 e. The molecule has 0 aliphatic carbocycles. The molecule has 2 nitrogen and oxygen atoms in total. The van der Waals surface area contributed by atoms with Gasteiger partial charge >= 0.3 is 11.8 Å². The Hall–Kier alpha value is -0.810. The number of halogens is 4. The molecule has 0 saturated carbocycles. The number of carbonyl (C=O) groups is 1. The van der Waals surface area contributed by atoms with Crippen molar-refractivity contribution in [3.8, 4) is 0 Å². The first kappa shape index (κ1) is 9.28. The Morgan fingerprint density at radius 1 is 1.17 bits per heavy atom. The van der Waals surface area contributed by atoms with Gasteiger partial charge in [0.15, 0.2) is 0 Å². The van der Waals surface area contributed by atoms with Gasteiger partial charge in [-0.25, -0.2) is 0 Å². The van der Waals surface area contributed by atoms with E-state index in [0.29, 0.717) is 4.90 Å². The highest BCUT2D eigenvalue weighted by Gasteiger charge is 2.63. The van der Waals surface area contributed by atoms with Gasteiger partial charge in [0.1, 0.15) is 0 Å². The molecule has 0 bridgehead atoms. The van der Waals surface area contributed by atoms with E-state index in [4.69, 9.17) is 0 Å². The van der Waals surface area contributed by atoms with E-state index >= 15 is 0 Å². The predicted octanol–water partition coefficient (Wildman–Crippen LogP) is 1.12. The van der Waals surface area contributed by atoms with Crippen LogP contribution in [0.15, 0.2) is 0 Å². The fraction of sp³-hybridized carbons (Fsp3) is 0.833. The van der Waals surface area contributed by atoms with Crippen molar-refractivity contribution < 1.29 is 22.4 Å². The molecule has 12 heavy (non-hydrogen) atoms. The van der Waals surface area contributed by atoms with Gasteiger partial charge < -0.3 is 4.90 Å². The van der Waals surface area contributed by atoms with Crippen LogP contribution < -0.4 is 0 Å². The van der Waals surface area contributed by atoms with Crippen molar-refractivity contribution in [2.24, 2.45) is 0 Å². The molecule has 0 aromatic heterocycles. The Morgan fingerprint density at radius 2 is 1.50 bits per heavy atom. The molecule has 0 radical (unpaired) electrons. The topological polar surface area (TPSA) is 20.3 Å². The second-order valence-electron chi connectivity index (χ2n) is 2.78. The molecule has 1 rings (SSSR count). The smallest absolute Gasteiger partial charge is 0.329 e. The van der Waals surface area contributed by atoms with Gasteiger partial charge in [0.25, 0.3) is 0 Å². The normalized spacial score (nSPS) is 25.9. The fourth-order valence-electron chi connectivity index (χ4n) is 0.989. The molecular weight excluding hydrogens is 178 g/mol. The molecule has 1 fully saturated rings. The third-order valence-electron chi connectivity index (χ3n) is 1.76. The minimum atomic E-state index is -4.08. The Bertz CT molecular complexity index is 200. The molecule has 0 spiro atoms. The van der Waals surface area contributed by atoms with Gasteiger partial charge in [0.2, 0.25) is 5.91 Å². The van der Waals surface area contributed by atoms with Crippen LogP contribution in [0.1, 0.15) is 6.92 Å². The number of hydrogen-bond acceptors (Lipinski definition) is 1. The second-order valence-corrected chi connectivity index (χ2v) is 2.78. The van der Waals surface area contributed by atoms with Crippen LogP contribution in [0, 0.1) is 0 Å². The van der Waals surface area contributed by atoms with Crippen molar-refractivity contribution >= 4 is 5.91 Å². The standard InChI is InChI=1S/C6H7F4NO/c1-4(12)11-2-5(7,8)6(9,10)3-11/h2-3H2,1H3. The summed E-state index contributed by atoms with van der Waals surface area (Å²) < 4.78 is 49.6. The monoisotopic (exact) mass is 185 g/mol. The molecular formula is C6H7F4NO. The molecule has 0 unspecified atom stereocenters. The third-order valence-corrected chi connectivity index (χ3v) is 1.76. The lowest BCUT2D eigenvalue weighted by Gasteiger charge is -2.14. The largest absolute Gasteiger partial charge is 0.330 e. The van der Waals surface area contributed by atoms with Gasteiger partial charge in [0.05, 0.1) is 13.1 Å². The van der Waals surface area contributed by atoms with Crippen molar-refractivity contribution in [3.63, 3.8) is 0 Å². The molecule has 1 aliphatic heterocycles. The van der Waals surface area contributed by atoms with Crippen LogP contribution in [0.5, 0.6) is 0 Å². The number of rotatable bonds is 0. The fourth-order valence-corrected chi connectivity index (χ4v) is 0.989.